The minimum Gasteiger partial charge on any atom is -0.299 e. The van der Waals surface area contributed by atoms with Gasteiger partial charge in [-0.1, -0.05) is 0 Å². The summed E-state index contributed by atoms with van der Waals surface area (Å²) in [6.45, 7) is 6.27. The van der Waals surface area contributed by atoms with Gasteiger partial charge in [-0.05, 0) is 27.7 Å². The molecule has 1 atom stereocenters. The Morgan fingerprint density at radius 1 is 1.17 bits per heavy atom. The van der Waals surface area contributed by atoms with Gasteiger partial charge in [0.15, 0.2) is 0 Å². The lowest BCUT2D eigenvalue weighted by Crippen LogP contribution is -2.22. The van der Waals surface area contributed by atoms with Crippen LogP contribution in [-0.4, -0.2) is 17.9 Å². The second-order valence-electron chi connectivity index (χ2n) is 2.88. The Hall–Kier alpha value is -0.900. The minimum absolute atomic E-state index is 0.187. The van der Waals surface area contributed by atoms with E-state index in [0.29, 0.717) is 0 Å². The maximum Gasteiger partial charge on any atom is 0.352 e. The molecule has 0 saturated carbocycles. The van der Waals surface area contributed by atoms with E-state index in [4.69, 9.17) is 0 Å². The summed E-state index contributed by atoms with van der Waals surface area (Å²) in [7, 11) is 0. The molecule has 0 aliphatic carbocycles. The van der Waals surface area contributed by atoms with Gasteiger partial charge in [0, 0.05) is 0 Å². The fourth-order valence-corrected chi connectivity index (χ4v) is 0.382. The van der Waals surface area contributed by atoms with Gasteiger partial charge >= 0.3 is 5.97 Å². The summed E-state index contributed by atoms with van der Waals surface area (Å²) in [6.07, 6.45) is -0.187. The number of carbonyl (C=O) groups excluding carboxylic acids is 2. The van der Waals surface area contributed by atoms with Gasteiger partial charge in [-0.3, -0.25) is 9.68 Å². The fourth-order valence-electron chi connectivity index (χ4n) is 0.382. The van der Waals surface area contributed by atoms with Crippen molar-refractivity contribution >= 4 is 11.8 Å². The van der Waals surface area contributed by atoms with Crippen LogP contribution in [0.3, 0.4) is 0 Å². The Kier molecular flexibility index (Phi) is 4.51. The molecule has 0 rings (SSSR count). The van der Waals surface area contributed by atoms with Gasteiger partial charge in [0.1, 0.15) is 11.7 Å². The quantitative estimate of drug-likeness (QED) is 0.364. The highest BCUT2D eigenvalue weighted by molar-refractivity contribution is 5.96. The molecule has 0 aliphatic heterocycles. The molecule has 0 amide bonds. The second-order valence-corrected chi connectivity index (χ2v) is 2.88. The van der Waals surface area contributed by atoms with Gasteiger partial charge in [-0.2, -0.15) is 4.89 Å². The van der Waals surface area contributed by atoms with Crippen LogP contribution in [0.15, 0.2) is 0 Å². The van der Waals surface area contributed by atoms with E-state index in [1.54, 1.807) is 13.8 Å². The summed E-state index contributed by atoms with van der Waals surface area (Å²) in [6, 6.07) is 0. The van der Waals surface area contributed by atoms with E-state index < -0.39 is 11.9 Å². The number of rotatable bonds is 4. The summed E-state index contributed by atoms with van der Waals surface area (Å²) in [4.78, 5) is 30.5. The lowest BCUT2D eigenvalue weighted by molar-refractivity contribution is -0.293. The molecule has 0 spiro atoms. The van der Waals surface area contributed by atoms with Crippen molar-refractivity contribution in [3.05, 3.63) is 0 Å². The molecule has 0 aromatic rings. The SMILES string of the molecule is CC(=O)C(C)C(=O)OOC(C)C. The summed E-state index contributed by atoms with van der Waals surface area (Å²) < 4.78 is 0. The van der Waals surface area contributed by atoms with Gasteiger partial charge < -0.3 is 0 Å². The molecule has 0 heterocycles. The zero-order chi connectivity index (χ0) is 9.72. The average Bonchev–Trinajstić information content (AvgIpc) is 1.98. The van der Waals surface area contributed by atoms with Crippen LogP contribution < -0.4 is 0 Å². The van der Waals surface area contributed by atoms with E-state index in [9.17, 15) is 9.59 Å². The first-order valence-corrected chi connectivity index (χ1v) is 3.82. The monoisotopic (exact) mass is 174 g/mol. The predicted octanol–water partition coefficient (Wildman–Crippen LogP) is 1.09. The van der Waals surface area contributed by atoms with Crippen molar-refractivity contribution in [2.45, 2.75) is 33.8 Å². The van der Waals surface area contributed by atoms with E-state index in [2.05, 4.69) is 9.78 Å². The van der Waals surface area contributed by atoms with Crippen LogP contribution >= 0.6 is 0 Å². The Balaban J connectivity index is 3.80. The fraction of sp³-hybridized carbons (Fsp3) is 0.750. The molecule has 0 aromatic carbocycles. The molecule has 12 heavy (non-hydrogen) atoms. The highest BCUT2D eigenvalue weighted by Gasteiger charge is 2.20. The molecule has 70 valence electrons. The Labute approximate surface area is 71.8 Å². The lowest BCUT2D eigenvalue weighted by Gasteiger charge is -2.08. The Bertz CT molecular complexity index is 174. The topological polar surface area (TPSA) is 52.6 Å². The van der Waals surface area contributed by atoms with E-state index >= 15 is 0 Å². The summed E-state index contributed by atoms with van der Waals surface area (Å²) in [5.41, 5.74) is 0. The van der Waals surface area contributed by atoms with E-state index in [1.165, 1.54) is 13.8 Å². The second kappa shape index (κ2) is 4.87. The van der Waals surface area contributed by atoms with E-state index in [0.717, 1.165) is 0 Å². The molecular formula is C8H14O4. The smallest absolute Gasteiger partial charge is 0.299 e. The van der Waals surface area contributed by atoms with Crippen molar-refractivity contribution in [3.63, 3.8) is 0 Å². The highest BCUT2D eigenvalue weighted by atomic mass is 17.2. The summed E-state index contributed by atoms with van der Waals surface area (Å²) in [5.74, 6) is -1.62. The summed E-state index contributed by atoms with van der Waals surface area (Å²) in [5, 5.41) is 0. The average molecular weight is 174 g/mol. The first-order valence-electron chi connectivity index (χ1n) is 3.82. The van der Waals surface area contributed by atoms with Gasteiger partial charge in [0.2, 0.25) is 0 Å². The number of carbonyl (C=O) groups is 2. The largest absolute Gasteiger partial charge is 0.352 e. The van der Waals surface area contributed by atoms with Crippen LogP contribution in [0.25, 0.3) is 0 Å². The molecule has 0 aliphatic rings. The van der Waals surface area contributed by atoms with Crippen molar-refractivity contribution in [1.82, 2.24) is 0 Å². The Morgan fingerprint density at radius 3 is 2.00 bits per heavy atom. The number of hydrogen-bond acceptors (Lipinski definition) is 4. The van der Waals surface area contributed by atoms with Crippen molar-refractivity contribution in [2.75, 3.05) is 0 Å². The van der Waals surface area contributed by atoms with Gasteiger partial charge in [0.05, 0.1) is 6.10 Å². The normalized spacial score (nSPS) is 12.8. The third-order valence-electron chi connectivity index (χ3n) is 1.29. The van der Waals surface area contributed by atoms with Crippen LogP contribution in [0.5, 0.6) is 0 Å². The molecule has 0 N–H and O–H groups in total. The zero-order valence-electron chi connectivity index (χ0n) is 7.79. The van der Waals surface area contributed by atoms with Crippen molar-refractivity contribution in [3.8, 4) is 0 Å². The predicted molar refractivity (Wildman–Crippen MR) is 42.2 cm³/mol. The lowest BCUT2D eigenvalue weighted by atomic mass is 10.1. The Morgan fingerprint density at radius 2 is 1.67 bits per heavy atom. The number of hydrogen-bond donors (Lipinski definition) is 0. The molecule has 1 unspecified atom stereocenters. The van der Waals surface area contributed by atoms with Crippen molar-refractivity contribution in [1.29, 1.82) is 0 Å². The van der Waals surface area contributed by atoms with Crippen LogP contribution in [-0.2, 0) is 19.4 Å². The maximum atomic E-state index is 10.9. The standard InChI is InChI=1S/C8H14O4/c1-5(2)11-12-8(10)6(3)7(4)9/h5-6H,1-4H3. The van der Waals surface area contributed by atoms with Crippen LogP contribution in [0.2, 0.25) is 0 Å². The molecule has 4 heteroatoms. The minimum atomic E-state index is -0.747. The van der Waals surface area contributed by atoms with Gasteiger partial charge in [-0.25, -0.2) is 4.79 Å². The van der Waals surface area contributed by atoms with Crippen molar-refractivity contribution in [2.24, 2.45) is 5.92 Å². The number of ketones is 1. The highest BCUT2D eigenvalue weighted by Crippen LogP contribution is 2.01. The maximum absolute atomic E-state index is 10.9. The molecule has 0 fully saturated rings. The molecule has 4 nitrogen and oxygen atoms in total. The number of Topliss-reactive ketones (excluding diaryl/α,β-unsaturated/α-hetero) is 1. The molecular weight excluding hydrogens is 160 g/mol. The first-order chi connectivity index (χ1) is 5.45. The van der Waals surface area contributed by atoms with E-state index in [1.807, 2.05) is 0 Å². The van der Waals surface area contributed by atoms with E-state index in [-0.39, 0.29) is 11.9 Å². The third-order valence-corrected chi connectivity index (χ3v) is 1.29. The molecule has 0 radical (unpaired) electrons. The molecule has 0 bridgehead atoms. The van der Waals surface area contributed by atoms with Gasteiger partial charge in [-0.15, -0.1) is 0 Å². The molecule has 0 aromatic heterocycles. The summed E-state index contributed by atoms with van der Waals surface area (Å²) >= 11 is 0. The van der Waals surface area contributed by atoms with Crippen LogP contribution in [0.4, 0.5) is 0 Å². The molecule has 0 saturated heterocycles. The third kappa shape index (κ3) is 4.08. The van der Waals surface area contributed by atoms with Crippen molar-refractivity contribution < 1.29 is 19.4 Å². The van der Waals surface area contributed by atoms with Crippen LogP contribution in [0, 0.1) is 5.92 Å². The van der Waals surface area contributed by atoms with Gasteiger partial charge in [0.25, 0.3) is 0 Å². The first kappa shape index (κ1) is 11.1. The van der Waals surface area contributed by atoms with Crippen LogP contribution in [0.1, 0.15) is 27.7 Å². The zero-order valence-corrected chi connectivity index (χ0v) is 7.79.